The van der Waals surface area contributed by atoms with E-state index in [-0.39, 0.29) is 17.8 Å². The van der Waals surface area contributed by atoms with Crippen LogP contribution in [0.2, 0.25) is 0 Å². The van der Waals surface area contributed by atoms with Crippen LogP contribution >= 0.6 is 0 Å². The number of amidine groups is 1. The summed E-state index contributed by atoms with van der Waals surface area (Å²) in [6, 6.07) is 12.4. The zero-order valence-corrected chi connectivity index (χ0v) is 19.7. The summed E-state index contributed by atoms with van der Waals surface area (Å²) >= 11 is 0. The molecule has 7 heteroatoms. The first-order valence-electron chi connectivity index (χ1n) is 11.5. The van der Waals surface area contributed by atoms with Crippen LogP contribution in [0.5, 0.6) is 5.75 Å². The molecule has 2 aromatic rings. The molecule has 0 spiro atoms. The van der Waals surface area contributed by atoms with Gasteiger partial charge in [0.15, 0.2) is 0 Å². The summed E-state index contributed by atoms with van der Waals surface area (Å²) in [5.41, 5.74) is 2.80. The van der Waals surface area contributed by atoms with E-state index in [2.05, 4.69) is 18.2 Å². The van der Waals surface area contributed by atoms with Gasteiger partial charge in [0.25, 0.3) is 5.91 Å². The van der Waals surface area contributed by atoms with E-state index in [0.29, 0.717) is 54.6 Å². The topological polar surface area (TPSA) is 91.7 Å². The third-order valence-electron chi connectivity index (χ3n) is 5.66. The van der Waals surface area contributed by atoms with Crippen LogP contribution in [-0.4, -0.2) is 49.4 Å². The van der Waals surface area contributed by atoms with Crippen molar-refractivity contribution < 1.29 is 19.1 Å². The lowest BCUT2D eigenvalue weighted by Crippen LogP contribution is -2.27. The third kappa shape index (κ3) is 6.61. The van der Waals surface area contributed by atoms with Gasteiger partial charge in [0.05, 0.1) is 26.2 Å². The lowest BCUT2D eigenvalue weighted by atomic mass is 9.94. The highest BCUT2D eigenvalue weighted by Gasteiger charge is 2.23. The van der Waals surface area contributed by atoms with Gasteiger partial charge in [-0.15, -0.1) is 6.42 Å². The van der Waals surface area contributed by atoms with Gasteiger partial charge in [-0.2, -0.15) is 0 Å². The molecule has 178 valence electrons. The van der Waals surface area contributed by atoms with E-state index < -0.39 is 0 Å². The van der Waals surface area contributed by atoms with Crippen molar-refractivity contribution in [1.82, 2.24) is 4.90 Å². The van der Waals surface area contributed by atoms with Gasteiger partial charge in [-0.3, -0.25) is 15.0 Å². The fourth-order valence-corrected chi connectivity index (χ4v) is 3.69. The van der Waals surface area contributed by atoms with Crippen LogP contribution < -0.4 is 10.1 Å². The summed E-state index contributed by atoms with van der Waals surface area (Å²) in [6.45, 7) is 3.30. The number of nitrogens with one attached hydrogen (secondary N) is 2. The SMILES string of the molecule is C#CCN(C)C(=N)c1ccc(C(=O)Nc2ccc3c(c2)OCC(CC(=O)OCCCC)C3)cc1. The first-order chi connectivity index (χ1) is 16.4. The van der Waals surface area contributed by atoms with Gasteiger partial charge >= 0.3 is 5.97 Å². The van der Waals surface area contributed by atoms with Gasteiger partial charge in [-0.1, -0.05) is 37.5 Å². The number of unbranched alkanes of at least 4 members (excludes halogenated alkanes) is 1. The summed E-state index contributed by atoms with van der Waals surface area (Å²) in [5, 5.41) is 11.1. The largest absolute Gasteiger partial charge is 0.493 e. The summed E-state index contributed by atoms with van der Waals surface area (Å²) in [5.74, 6) is 3.17. The quantitative estimate of drug-likeness (QED) is 0.193. The van der Waals surface area contributed by atoms with E-state index in [1.54, 1.807) is 36.2 Å². The van der Waals surface area contributed by atoms with Crippen LogP contribution in [0.3, 0.4) is 0 Å². The minimum Gasteiger partial charge on any atom is -0.493 e. The number of hydrogen-bond acceptors (Lipinski definition) is 5. The minimum absolute atomic E-state index is 0.0824. The molecule has 1 aliphatic rings. The highest BCUT2D eigenvalue weighted by Crippen LogP contribution is 2.31. The third-order valence-corrected chi connectivity index (χ3v) is 5.66. The van der Waals surface area contributed by atoms with Gasteiger partial charge in [0.2, 0.25) is 0 Å². The highest BCUT2D eigenvalue weighted by atomic mass is 16.5. The minimum atomic E-state index is -0.251. The molecule has 1 aliphatic heterocycles. The average Bonchev–Trinajstić information content (AvgIpc) is 2.84. The fraction of sp³-hybridized carbons (Fsp3) is 0.370. The number of hydrogen-bond donors (Lipinski definition) is 2. The van der Waals surface area contributed by atoms with Crippen LogP contribution in [0.1, 0.15) is 47.7 Å². The van der Waals surface area contributed by atoms with Crippen molar-refractivity contribution in [3.8, 4) is 18.1 Å². The van der Waals surface area contributed by atoms with Crippen molar-refractivity contribution in [2.75, 3.05) is 32.1 Å². The Labute approximate surface area is 201 Å². The molecule has 7 nitrogen and oxygen atoms in total. The first kappa shape index (κ1) is 24.8. The Bertz CT molecular complexity index is 1070. The lowest BCUT2D eigenvalue weighted by Gasteiger charge is -2.25. The van der Waals surface area contributed by atoms with Crippen molar-refractivity contribution in [2.24, 2.45) is 5.92 Å². The number of amides is 1. The highest BCUT2D eigenvalue weighted by molar-refractivity contribution is 6.05. The van der Waals surface area contributed by atoms with Gasteiger partial charge in [-0.05, 0) is 36.6 Å². The Morgan fingerprint density at radius 1 is 1.24 bits per heavy atom. The predicted octanol–water partition coefficient (Wildman–Crippen LogP) is 4.11. The van der Waals surface area contributed by atoms with Gasteiger partial charge in [-0.25, -0.2) is 0 Å². The van der Waals surface area contributed by atoms with Gasteiger partial charge < -0.3 is 19.7 Å². The van der Waals surface area contributed by atoms with E-state index in [0.717, 1.165) is 24.8 Å². The molecule has 0 bridgehead atoms. The van der Waals surface area contributed by atoms with E-state index in [1.807, 2.05) is 18.2 Å². The number of nitrogens with zero attached hydrogens (tertiary/aromatic N) is 1. The molecule has 1 atom stereocenters. The molecule has 0 aliphatic carbocycles. The van der Waals surface area contributed by atoms with Gasteiger partial charge in [0, 0.05) is 35.8 Å². The van der Waals surface area contributed by atoms with Crippen molar-refractivity contribution in [3.05, 3.63) is 59.2 Å². The van der Waals surface area contributed by atoms with Crippen molar-refractivity contribution >= 4 is 23.4 Å². The normalized spacial score (nSPS) is 14.2. The molecule has 0 aromatic heterocycles. The van der Waals surface area contributed by atoms with Crippen LogP contribution in [-0.2, 0) is 16.0 Å². The molecule has 0 fully saturated rings. The first-order valence-corrected chi connectivity index (χ1v) is 11.5. The molecular weight excluding hydrogens is 430 g/mol. The molecule has 0 saturated heterocycles. The van der Waals surface area contributed by atoms with E-state index >= 15 is 0 Å². The standard InChI is InChI=1S/C27H31N3O4/c1-4-6-14-33-25(31)16-19-15-22-11-12-23(17-24(22)34-18-19)29-27(32)21-9-7-20(8-10-21)26(28)30(3)13-5-2/h2,7-12,17,19,28H,4,6,13-16,18H2,1,3H3,(H,29,32). The Balaban J connectivity index is 1.56. The summed E-state index contributed by atoms with van der Waals surface area (Å²) in [4.78, 5) is 26.3. The van der Waals surface area contributed by atoms with Crippen LogP contribution in [0.4, 0.5) is 5.69 Å². The monoisotopic (exact) mass is 461 g/mol. The molecular formula is C27H31N3O4. The maximum absolute atomic E-state index is 12.7. The van der Waals surface area contributed by atoms with Crippen molar-refractivity contribution in [3.63, 3.8) is 0 Å². The molecule has 0 saturated carbocycles. The maximum atomic E-state index is 12.7. The molecule has 1 heterocycles. The van der Waals surface area contributed by atoms with Crippen LogP contribution in [0.15, 0.2) is 42.5 Å². The summed E-state index contributed by atoms with van der Waals surface area (Å²) < 4.78 is 11.1. The van der Waals surface area contributed by atoms with E-state index in [1.165, 1.54) is 0 Å². The van der Waals surface area contributed by atoms with E-state index in [4.69, 9.17) is 21.3 Å². The lowest BCUT2D eigenvalue weighted by molar-refractivity contribution is -0.145. The molecule has 1 unspecified atom stereocenters. The Kier molecular flexibility index (Phi) is 8.69. The molecule has 2 aromatic carbocycles. The molecule has 0 radical (unpaired) electrons. The predicted molar refractivity (Wildman–Crippen MR) is 132 cm³/mol. The zero-order chi connectivity index (χ0) is 24.5. The van der Waals surface area contributed by atoms with Gasteiger partial charge in [0.1, 0.15) is 11.6 Å². The number of carbonyl (C=O) groups excluding carboxylic acids is 2. The average molecular weight is 462 g/mol. The number of anilines is 1. The number of esters is 1. The second-order valence-corrected chi connectivity index (χ2v) is 8.42. The maximum Gasteiger partial charge on any atom is 0.306 e. The fourth-order valence-electron chi connectivity index (χ4n) is 3.69. The van der Waals surface area contributed by atoms with Crippen LogP contribution in [0.25, 0.3) is 0 Å². The van der Waals surface area contributed by atoms with Crippen LogP contribution in [0, 0.1) is 23.7 Å². The van der Waals surface area contributed by atoms with E-state index in [9.17, 15) is 9.59 Å². The zero-order valence-electron chi connectivity index (χ0n) is 19.7. The molecule has 3 rings (SSSR count). The summed E-state index contributed by atoms with van der Waals surface area (Å²) in [7, 11) is 1.75. The number of ether oxygens (including phenoxy) is 2. The number of benzene rings is 2. The van der Waals surface area contributed by atoms with Crippen molar-refractivity contribution in [1.29, 1.82) is 5.41 Å². The molecule has 1 amide bonds. The molecule has 34 heavy (non-hydrogen) atoms. The number of rotatable bonds is 9. The second-order valence-electron chi connectivity index (χ2n) is 8.42. The Morgan fingerprint density at radius 2 is 1.97 bits per heavy atom. The summed E-state index contributed by atoms with van der Waals surface area (Å²) in [6.07, 6.45) is 8.24. The number of terminal acetylenes is 1. The Morgan fingerprint density at radius 3 is 2.68 bits per heavy atom. The second kappa shape index (κ2) is 11.9. The Hall–Kier alpha value is -3.79. The number of carbonyl (C=O) groups is 2. The molecule has 2 N–H and O–H groups in total. The smallest absolute Gasteiger partial charge is 0.306 e. The van der Waals surface area contributed by atoms with Crippen molar-refractivity contribution in [2.45, 2.75) is 32.6 Å². The number of fused-ring (bicyclic) bond motifs is 1.